The maximum Gasteiger partial charge on any atom is 0.416 e. The summed E-state index contributed by atoms with van der Waals surface area (Å²) in [4.78, 5) is 10.9. The van der Waals surface area contributed by atoms with Crippen molar-refractivity contribution in [1.29, 1.82) is 0 Å². The van der Waals surface area contributed by atoms with Crippen LogP contribution < -0.4 is 9.04 Å². The van der Waals surface area contributed by atoms with Crippen molar-refractivity contribution >= 4 is 21.7 Å². The van der Waals surface area contributed by atoms with Gasteiger partial charge in [-0.05, 0) is 96.3 Å². The molecule has 0 saturated heterocycles. The third kappa shape index (κ3) is 5.29. The molecule has 5 rings (SSSR count). The van der Waals surface area contributed by atoms with E-state index in [2.05, 4.69) is 0 Å². The fourth-order valence-corrected chi connectivity index (χ4v) is 7.56. The Morgan fingerprint density at radius 1 is 0.950 bits per heavy atom. The van der Waals surface area contributed by atoms with Gasteiger partial charge in [0, 0.05) is 6.54 Å². The molecule has 10 heteroatoms. The molecule has 1 saturated carbocycles. The summed E-state index contributed by atoms with van der Waals surface area (Å²) in [5.74, 6) is -0.837. The predicted octanol–water partition coefficient (Wildman–Crippen LogP) is 6.95. The molecular formula is C30H30F3NO5S. The molecule has 3 aromatic carbocycles. The molecule has 0 bridgehead atoms. The molecule has 1 spiro atoms. The number of carboxylic acids is 1. The van der Waals surface area contributed by atoms with Crippen molar-refractivity contribution in [2.75, 3.05) is 17.5 Å². The van der Waals surface area contributed by atoms with Crippen molar-refractivity contribution in [2.24, 2.45) is 0 Å². The first-order valence-electron chi connectivity index (χ1n) is 13.2. The van der Waals surface area contributed by atoms with Gasteiger partial charge in [-0.2, -0.15) is 13.2 Å². The Morgan fingerprint density at radius 3 is 2.25 bits per heavy atom. The van der Waals surface area contributed by atoms with E-state index >= 15 is 0 Å². The van der Waals surface area contributed by atoms with E-state index in [9.17, 15) is 26.4 Å². The summed E-state index contributed by atoms with van der Waals surface area (Å²) in [6, 6.07) is 14.9. The molecular weight excluding hydrogens is 543 g/mol. The molecule has 3 aromatic rings. The number of carbonyl (C=O) groups is 1. The quantitative estimate of drug-likeness (QED) is 0.345. The molecule has 0 atom stereocenters. The summed E-state index contributed by atoms with van der Waals surface area (Å²) in [7, 11) is -3.96. The van der Waals surface area contributed by atoms with Crippen LogP contribution in [0.25, 0.3) is 11.1 Å². The Balaban J connectivity index is 1.54. The number of halogens is 3. The second kappa shape index (κ2) is 10.5. The van der Waals surface area contributed by atoms with E-state index in [-0.39, 0.29) is 10.3 Å². The summed E-state index contributed by atoms with van der Waals surface area (Å²) in [6.45, 7) is 1.44. The molecule has 1 aliphatic heterocycles. The van der Waals surface area contributed by atoms with E-state index in [0.717, 1.165) is 55.4 Å². The molecule has 40 heavy (non-hydrogen) atoms. The van der Waals surface area contributed by atoms with Crippen LogP contribution >= 0.6 is 0 Å². The number of sulfonamides is 1. The molecule has 1 fully saturated rings. The SMILES string of the molecule is Cc1cc(S(=O)(=O)N2CCC3(CCCCC3)c3cc(-c4ccc(C(F)(F)F)cc4)ccc32)ccc1OCC(=O)O. The van der Waals surface area contributed by atoms with E-state index in [0.29, 0.717) is 35.5 Å². The van der Waals surface area contributed by atoms with Gasteiger partial charge in [-0.3, -0.25) is 4.31 Å². The summed E-state index contributed by atoms with van der Waals surface area (Å²) in [5, 5.41) is 8.88. The highest BCUT2D eigenvalue weighted by Crippen LogP contribution is 2.51. The number of carboxylic acid groups (broad SMARTS) is 1. The normalized spacial score (nSPS) is 16.9. The van der Waals surface area contributed by atoms with Crippen molar-refractivity contribution in [2.45, 2.75) is 61.9 Å². The van der Waals surface area contributed by atoms with Gasteiger partial charge in [-0.1, -0.05) is 37.5 Å². The smallest absolute Gasteiger partial charge is 0.416 e. The number of alkyl halides is 3. The Labute approximate surface area is 231 Å². The fraction of sp³-hybridized carbons (Fsp3) is 0.367. The number of hydrogen-bond donors (Lipinski definition) is 1. The van der Waals surface area contributed by atoms with Gasteiger partial charge in [0.15, 0.2) is 6.61 Å². The Kier molecular flexibility index (Phi) is 7.33. The lowest BCUT2D eigenvalue weighted by atomic mass is 9.65. The van der Waals surface area contributed by atoms with E-state index in [4.69, 9.17) is 9.84 Å². The molecule has 0 amide bonds. The topological polar surface area (TPSA) is 83.9 Å². The zero-order valence-electron chi connectivity index (χ0n) is 22.0. The minimum atomic E-state index is -4.42. The number of aryl methyl sites for hydroxylation is 1. The number of anilines is 1. The van der Waals surface area contributed by atoms with Crippen LogP contribution in [0.2, 0.25) is 0 Å². The van der Waals surface area contributed by atoms with E-state index < -0.39 is 34.3 Å². The number of nitrogens with zero attached hydrogens (tertiary/aromatic N) is 1. The molecule has 6 nitrogen and oxygen atoms in total. The van der Waals surface area contributed by atoms with Gasteiger partial charge in [0.05, 0.1) is 16.1 Å². The number of aliphatic carboxylic acids is 1. The molecule has 2 aliphatic rings. The molecule has 1 N–H and O–H groups in total. The zero-order chi connectivity index (χ0) is 28.7. The largest absolute Gasteiger partial charge is 0.482 e. The van der Waals surface area contributed by atoms with Crippen LogP contribution in [0.1, 0.15) is 55.2 Å². The first-order valence-corrected chi connectivity index (χ1v) is 14.6. The number of rotatable bonds is 6. The maximum absolute atomic E-state index is 13.9. The highest BCUT2D eigenvalue weighted by Gasteiger charge is 2.43. The predicted molar refractivity (Wildman–Crippen MR) is 145 cm³/mol. The monoisotopic (exact) mass is 573 g/mol. The van der Waals surface area contributed by atoms with Crippen molar-refractivity contribution in [3.63, 3.8) is 0 Å². The maximum atomic E-state index is 13.9. The number of fused-ring (bicyclic) bond motifs is 2. The van der Waals surface area contributed by atoms with Gasteiger partial charge in [0.25, 0.3) is 10.0 Å². The lowest BCUT2D eigenvalue weighted by Gasteiger charge is -2.46. The van der Waals surface area contributed by atoms with E-state index in [1.165, 1.54) is 34.6 Å². The van der Waals surface area contributed by atoms with Gasteiger partial charge in [0.2, 0.25) is 0 Å². The summed E-state index contributed by atoms with van der Waals surface area (Å²) >= 11 is 0. The molecule has 0 radical (unpaired) electrons. The zero-order valence-corrected chi connectivity index (χ0v) is 22.8. The number of benzene rings is 3. The van der Waals surface area contributed by atoms with E-state index in [1.54, 1.807) is 19.1 Å². The van der Waals surface area contributed by atoms with Crippen LogP contribution in [0.15, 0.2) is 65.6 Å². The van der Waals surface area contributed by atoms with Crippen LogP contribution in [-0.4, -0.2) is 32.6 Å². The first kappa shape index (κ1) is 28.0. The highest BCUT2D eigenvalue weighted by molar-refractivity contribution is 7.92. The molecule has 1 aliphatic carbocycles. The van der Waals surface area contributed by atoms with Crippen LogP contribution in [0, 0.1) is 6.92 Å². The average molecular weight is 574 g/mol. The molecule has 1 heterocycles. The average Bonchev–Trinajstić information content (AvgIpc) is 2.92. The van der Waals surface area contributed by atoms with Crippen molar-refractivity contribution in [3.8, 4) is 16.9 Å². The van der Waals surface area contributed by atoms with Gasteiger partial charge in [-0.15, -0.1) is 0 Å². The van der Waals surface area contributed by atoms with Crippen molar-refractivity contribution < 1.29 is 36.2 Å². The molecule has 0 aromatic heterocycles. The fourth-order valence-electron chi connectivity index (χ4n) is 5.99. The van der Waals surface area contributed by atoms with Crippen LogP contribution in [0.3, 0.4) is 0 Å². The Morgan fingerprint density at radius 2 is 1.62 bits per heavy atom. The minimum absolute atomic E-state index is 0.0741. The highest BCUT2D eigenvalue weighted by atomic mass is 32.2. The van der Waals surface area contributed by atoms with Gasteiger partial charge in [0.1, 0.15) is 5.75 Å². The number of hydrogen-bond acceptors (Lipinski definition) is 4. The Bertz CT molecular complexity index is 1530. The first-order chi connectivity index (χ1) is 18.9. The van der Waals surface area contributed by atoms with Crippen molar-refractivity contribution in [1.82, 2.24) is 0 Å². The van der Waals surface area contributed by atoms with Crippen LogP contribution in [0.5, 0.6) is 5.75 Å². The van der Waals surface area contributed by atoms with E-state index in [1.807, 2.05) is 6.07 Å². The second-order valence-corrected chi connectivity index (χ2v) is 12.4. The molecule has 212 valence electrons. The lowest BCUT2D eigenvalue weighted by Crippen LogP contribution is -2.44. The lowest BCUT2D eigenvalue weighted by molar-refractivity contribution is -0.139. The summed E-state index contributed by atoms with van der Waals surface area (Å²) in [5.41, 5.74) is 2.48. The minimum Gasteiger partial charge on any atom is -0.482 e. The van der Waals surface area contributed by atoms with Crippen LogP contribution in [-0.2, 0) is 26.4 Å². The third-order valence-electron chi connectivity index (χ3n) is 8.07. The van der Waals surface area contributed by atoms with Gasteiger partial charge < -0.3 is 9.84 Å². The number of ether oxygens (including phenoxy) is 1. The summed E-state index contributed by atoms with van der Waals surface area (Å²) in [6.07, 6.45) is 1.27. The summed E-state index contributed by atoms with van der Waals surface area (Å²) < 4.78 is 73.8. The van der Waals surface area contributed by atoms with Crippen LogP contribution in [0.4, 0.5) is 18.9 Å². The molecule has 0 unspecified atom stereocenters. The standard InChI is InChI=1S/C30H30F3NO5S/c1-20-17-24(10-12-27(20)39-19-28(35)36)40(37,38)34-16-15-29(13-3-2-4-14-29)25-18-22(7-11-26(25)34)21-5-8-23(9-6-21)30(31,32)33/h5-12,17-18H,2-4,13-16,19H2,1H3,(H,35,36). The van der Waals surface area contributed by atoms with Gasteiger partial charge in [-0.25, -0.2) is 13.2 Å². The third-order valence-corrected chi connectivity index (χ3v) is 9.88. The Hall–Kier alpha value is -3.53. The van der Waals surface area contributed by atoms with Crippen molar-refractivity contribution in [3.05, 3.63) is 77.4 Å². The van der Waals surface area contributed by atoms with Gasteiger partial charge >= 0.3 is 12.1 Å². The second-order valence-electron chi connectivity index (χ2n) is 10.6.